The smallest absolute Gasteiger partial charge is 0.250 e. The van der Waals surface area contributed by atoms with Crippen LogP contribution in [0, 0.1) is 0 Å². The van der Waals surface area contributed by atoms with Crippen LogP contribution in [-0.4, -0.2) is 34.6 Å². The minimum Gasteiger partial charge on any atom is -0.497 e. The summed E-state index contributed by atoms with van der Waals surface area (Å²) in [5.74, 6) is 2.66. The molecule has 5 rings (SSSR count). The van der Waals surface area contributed by atoms with E-state index in [0.29, 0.717) is 23.2 Å². The van der Waals surface area contributed by atoms with Crippen molar-refractivity contribution in [2.75, 3.05) is 13.9 Å². The average Bonchev–Trinajstić information content (AvgIpc) is 3.34. The maximum atomic E-state index is 12.6. The molecule has 0 N–H and O–H groups in total. The van der Waals surface area contributed by atoms with Crippen molar-refractivity contribution >= 4 is 17.7 Å². The zero-order chi connectivity index (χ0) is 18.4. The van der Waals surface area contributed by atoms with Gasteiger partial charge in [-0.25, -0.2) is 4.98 Å². The number of ether oxygens (including phenoxy) is 3. The molecule has 27 heavy (non-hydrogen) atoms. The molecule has 2 aliphatic heterocycles. The van der Waals surface area contributed by atoms with Gasteiger partial charge in [-0.3, -0.25) is 4.79 Å². The zero-order valence-corrected chi connectivity index (χ0v) is 15.2. The van der Waals surface area contributed by atoms with Gasteiger partial charge in [0.2, 0.25) is 6.79 Å². The van der Waals surface area contributed by atoms with E-state index in [2.05, 4.69) is 10.1 Å². The van der Waals surface area contributed by atoms with Gasteiger partial charge in [0, 0.05) is 17.2 Å². The van der Waals surface area contributed by atoms with Gasteiger partial charge in [-0.15, -0.1) is 5.10 Å². The Bertz CT molecular complexity index is 1030. The maximum absolute atomic E-state index is 12.6. The molecule has 2 aromatic carbocycles. The first kappa shape index (κ1) is 16.2. The average molecular weight is 381 g/mol. The molecule has 3 heterocycles. The van der Waals surface area contributed by atoms with Crippen molar-refractivity contribution in [2.24, 2.45) is 0 Å². The van der Waals surface area contributed by atoms with Crippen molar-refractivity contribution in [1.82, 2.24) is 14.8 Å². The summed E-state index contributed by atoms with van der Waals surface area (Å²) in [5, 5.41) is 4.96. The molecule has 0 saturated carbocycles. The number of aromatic nitrogens is 3. The molecule has 0 spiro atoms. The summed E-state index contributed by atoms with van der Waals surface area (Å²) in [6, 6.07) is 13.2. The van der Waals surface area contributed by atoms with E-state index in [-0.39, 0.29) is 18.0 Å². The first-order valence-electron chi connectivity index (χ1n) is 8.42. The van der Waals surface area contributed by atoms with Crippen LogP contribution in [0.4, 0.5) is 0 Å². The normalized spacial score (nSPS) is 17.7. The fraction of sp³-hybridized carbons (Fsp3) is 0.211. The van der Waals surface area contributed by atoms with E-state index in [1.807, 2.05) is 42.5 Å². The lowest BCUT2D eigenvalue weighted by molar-refractivity contribution is 0.0868. The van der Waals surface area contributed by atoms with Crippen LogP contribution < -0.4 is 14.2 Å². The number of nitrogens with zero attached hydrogens (tertiary/aromatic N) is 3. The molecule has 1 atom stereocenters. The van der Waals surface area contributed by atoms with Crippen LogP contribution >= 0.6 is 11.8 Å². The van der Waals surface area contributed by atoms with Crippen LogP contribution in [0.15, 0.2) is 47.6 Å². The summed E-state index contributed by atoms with van der Waals surface area (Å²) in [6.45, 7) is 0.231. The van der Waals surface area contributed by atoms with Crippen molar-refractivity contribution in [1.29, 1.82) is 0 Å². The van der Waals surface area contributed by atoms with Crippen LogP contribution in [0.1, 0.15) is 22.0 Å². The van der Waals surface area contributed by atoms with Crippen molar-refractivity contribution in [2.45, 2.75) is 16.8 Å². The van der Waals surface area contributed by atoms with Crippen molar-refractivity contribution < 1.29 is 19.0 Å². The largest absolute Gasteiger partial charge is 0.497 e. The molecule has 2 aliphatic rings. The van der Waals surface area contributed by atoms with E-state index in [0.717, 1.165) is 22.6 Å². The zero-order valence-electron chi connectivity index (χ0n) is 14.4. The monoisotopic (exact) mass is 381 g/mol. The Morgan fingerprint density at radius 1 is 1.15 bits per heavy atom. The van der Waals surface area contributed by atoms with Crippen molar-refractivity contribution in [3.05, 3.63) is 48.0 Å². The lowest BCUT2D eigenvalue weighted by Gasteiger charge is -2.20. The van der Waals surface area contributed by atoms with Crippen LogP contribution in [0.5, 0.6) is 17.2 Å². The number of carbonyl (C=O) groups is 1. The van der Waals surface area contributed by atoms with E-state index in [1.54, 1.807) is 7.11 Å². The summed E-state index contributed by atoms with van der Waals surface area (Å²) in [4.78, 5) is 17.2. The van der Waals surface area contributed by atoms with E-state index >= 15 is 0 Å². The molecule has 0 saturated heterocycles. The lowest BCUT2D eigenvalue weighted by Crippen LogP contribution is -2.20. The SMILES string of the molecule is COc1ccc(-c2nc3n(n2)C(=O)C[C@H](c2ccc4c(c2)OCO4)S3)cc1. The van der Waals surface area contributed by atoms with E-state index in [1.165, 1.54) is 16.4 Å². The van der Waals surface area contributed by atoms with Gasteiger partial charge < -0.3 is 14.2 Å². The molecule has 0 fully saturated rings. The third-order valence-electron chi connectivity index (χ3n) is 4.54. The van der Waals surface area contributed by atoms with Gasteiger partial charge in [-0.1, -0.05) is 17.8 Å². The Hall–Kier alpha value is -3.00. The number of hydrogen-bond donors (Lipinski definition) is 0. The van der Waals surface area contributed by atoms with E-state index in [9.17, 15) is 4.79 Å². The summed E-state index contributed by atoms with van der Waals surface area (Å²) < 4.78 is 17.4. The second-order valence-corrected chi connectivity index (χ2v) is 7.35. The fourth-order valence-electron chi connectivity index (χ4n) is 3.11. The van der Waals surface area contributed by atoms with E-state index < -0.39 is 0 Å². The number of hydrogen-bond acceptors (Lipinski definition) is 7. The van der Waals surface area contributed by atoms with Crippen molar-refractivity contribution in [3.8, 4) is 28.6 Å². The number of fused-ring (bicyclic) bond motifs is 2. The van der Waals surface area contributed by atoms with Gasteiger partial charge >= 0.3 is 0 Å². The minimum absolute atomic E-state index is 0.0348. The van der Waals surface area contributed by atoms with E-state index in [4.69, 9.17) is 14.2 Å². The van der Waals surface area contributed by atoms with Gasteiger partial charge in [-0.05, 0) is 42.0 Å². The van der Waals surface area contributed by atoms with Gasteiger partial charge in [-0.2, -0.15) is 4.68 Å². The van der Waals surface area contributed by atoms with Gasteiger partial charge in [0.1, 0.15) is 5.75 Å². The molecule has 136 valence electrons. The van der Waals surface area contributed by atoms with Crippen LogP contribution in [0.3, 0.4) is 0 Å². The molecule has 0 radical (unpaired) electrons. The second-order valence-electron chi connectivity index (χ2n) is 6.18. The summed E-state index contributed by atoms with van der Waals surface area (Å²) in [7, 11) is 1.62. The van der Waals surface area contributed by atoms with Gasteiger partial charge in [0.05, 0.1) is 7.11 Å². The number of rotatable bonds is 3. The molecular formula is C19H15N3O4S. The highest BCUT2D eigenvalue weighted by Crippen LogP contribution is 2.44. The number of carbonyl (C=O) groups excluding carboxylic acids is 1. The summed E-state index contributed by atoms with van der Waals surface area (Å²) >= 11 is 1.53. The third kappa shape index (κ3) is 2.82. The Balaban J connectivity index is 1.45. The molecular weight excluding hydrogens is 366 g/mol. The molecule has 1 aromatic heterocycles. The highest BCUT2D eigenvalue weighted by atomic mass is 32.2. The van der Waals surface area contributed by atoms with Gasteiger partial charge in [0.25, 0.3) is 5.91 Å². The molecule has 0 unspecified atom stereocenters. The number of benzene rings is 2. The van der Waals surface area contributed by atoms with Crippen LogP contribution in [-0.2, 0) is 0 Å². The molecule has 0 bridgehead atoms. The molecule has 0 aliphatic carbocycles. The predicted octanol–water partition coefficient (Wildman–Crippen LogP) is 3.56. The molecule has 0 amide bonds. The predicted molar refractivity (Wildman–Crippen MR) is 98.4 cm³/mol. The number of thioether (sulfide) groups is 1. The Morgan fingerprint density at radius 3 is 2.78 bits per heavy atom. The fourth-order valence-corrected chi connectivity index (χ4v) is 4.26. The topological polar surface area (TPSA) is 75.5 Å². The minimum atomic E-state index is -0.0707. The third-order valence-corrected chi connectivity index (χ3v) is 5.74. The van der Waals surface area contributed by atoms with Gasteiger partial charge in [0.15, 0.2) is 22.5 Å². The molecule has 7 nitrogen and oxygen atoms in total. The Morgan fingerprint density at radius 2 is 1.96 bits per heavy atom. The first-order chi connectivity index (χ1) is 13.2. The standard InChI is InChI=1S/C19H15N3O4S/c1-24-13-5-2-11(3-6-13)18-20-19-22(21-18)17(23)9-16(27-19)12-4-7-14-15(8-12)26-10-25-14/h2-8,16H,9-10H2,1H3/t16-/m1/s1. The highest BCUT2D eigenvalue weighted by Gasteiger charge is 2.31. The van der Waals surface area contributed by atoms with Crippen molar-refractivity contribution in [3.63, 3.8) is 0 Å². The quantitative estimate of drug-likeness (QED) is 0.687. The highest BCUT2D eigenvalue weighted by molar-refractivity contribution is 7.99. The molecule has 8 heteroatoms. The van der Waals surface area contributed by atoms with Crippen LogP contribution in [0.25, 0.3) is 11.4 Å². The summed E-state index contributed by atoms with van der Waals surface area (Å²) in [5.41, 5.74) is 1.85. The summed E-state index contributed by atoms with van der Waals surface area (Å²) in [6.07, 6.45) is 0.350. The lowest BCUT2D eigenvalue weighted by atomic mass is 10.1. The first-order valence-corrected chi connectivity index (χ1v) is 9.30. The van der Waals surface area contributed by atoms with Crippen LogP contribution in [0.2, 0.25) is 0 Å². The molecule has 3 aromatic rings. The number of methoxy groups -OCH3 is 1. The second kappa shape index (κ2) is 6.31. The maximum Gasteiger partial charge on any atom is 0.250 e. The Kier molecular flexibility index (Phi) is 3.78. The Labute approximate surface area is 159 Å².